The van der Waals surface area contributed by atoms with Crippen LogP contribution in [0.4, 0.5) is 13.2 Å². The molecule has 0 saturated carbocycles. The van der Waals surface area contributed by atoms with Crippen LogP contribution in [0.1, 0.15) is 13.3 Å². The van der Waals surface area contributed by atoms with Gasteiger partial charge in [0, 0.05) is 19.0 Å². The fraction of sp³-hybridized carbons (Fsp3) is 0.167. The average molecular weight is 333 g/mol. The highest BCUT2D eigenvalue weighted by atomic mass is 19.1. The molecule has 3 nitrogen and oxygen atoms in total. The van der Waals surface area contributed by atoms with Crippen LogP contribution >= 0.6 is 0 Å². The number of hydrogen-bond acceptors (Lipinski definition) is 2. The Hall–Kier alpha value is -2.76. The first-order valence-electron chi connectivity index (χ1n) is 7.37. The second-order valence-corrected chi connectivity index (χ2v) is 5.32. The molecule has 3 aromatic rings. The van der Waals surface area contributed by atoms with Crippen LogP contribution in [0.5, 0.6) is 5.75 Å². The van der Waals surface area contributed by atoms with Gasteiger partial charge in [-0.05, 0) is 36.4 Å². The number of fused-ring (bicyclic) bond motifs is 1. The standard InChI is InChI=1S/C18H14F3NO2/c1-3-14(23)24-18-15-12(20)8-9-13(21)17(15)22(2)16(18)10-4-6-11(19)7-5-10/h4-9H,3H2,1-2H3. The van der Waals surface area contributed by atoms with Crippen molar-refractivity contribution in [1.29, 1.82) is 0 Å². The fourth-order valence-electron chi connectivity index (χ4n) is 2.69. The van der Waals surface area contributed by atoms with E-state index in [0.29, 0.717) is 11.3 Å². The van der Waals surface area contributed by atoms with Crippen molar-refractivity contribution in [3.8, 4) is 17.0 Å². The first-order chi connectivity index (χ1) is 11.4. The van der Waals surface area contributed by atoms with E-state index < -0.39 is 23.4 Å². The lowest BCUT2D eigenvalue weighted by Gasteiger charge is -2.08. The van der Waals surface area contributed by atoms with E-state index in [2.05, 4.69) is 0 Å². The van der Waals surface area contributed by atoms with Crippen LogP contribution in [0.3, 0.4) is 0 Å². The molecule has 0 bridgehead atoms. The number of rotatable bonds is 3. The van der Waals surface area contributed by atoms with E-state index in [1.54, 1.807) is 6.92 Å². The van der Waals surface area contributed by atoms with Crippen LogP contribution in [0.15, 0.2) is 36.4 Å². The monoisotopic (exact) mass is 333 g/mol. The van der Waals surface area contributed by atoms with Gasteiger partial charge in [0.25, 0.3) is 0 Å². The first-order valence-corrected chi connectivity index (χ1v) is 7.37. The second kappa shape index (κ2) is 6.03. The molecule has 0 radical (unpaired) electrons. The molecule has 24 heavy (non-hydrogen) atoms. The van der Waals surface area contributed by atoms with Gasteiger partial charge in [-0.25, -0.2) is 13.2 Å². The molecule has 0 spiro atoms. The number of benzene rings is 2. The van der Waals surface area contributed by atoms with Crippen molar-refractivity contribution >= 4 is 16.9 Å². The number of nitrogens with zero attached hydrogens (tertiary/aromatic N) is 1. The summed E-state index contributed by atoms with van der Waals surface area (Å²) in [6.07, 6.45) is 0.0795. The lowest BCUT2D eigenvalue weighted by atomic mass is 10.1. The molecule has 0 aliphatic heterocycles. The molecule has 0 aliphatic carbocycles. The summed E-state index contributed by atoms with van der Waals surface area (Å²) in [5.74, 6) is -2.43. The van der Waals surface area contributed by atoms with Gasteiger partial charge in [0.15, 0.2) is 5.75 Å². The zero-order valence-electron chi connectivity index (χ0n) is 13.1. The maximum atomic E-state index is 14.3. The largest absolute Gasteiger partial charge is 0.423 e. The second-order valence-electron chi connectivity index (χ2n) is 5.32. The highest BCUT2D eigenvalue weighted by molar-refractivity contribution is 5.98. The highest BCUT2D eigenvalue weighted by Crippen LogP contribution is 2.41. The van der Waals surface area contributed by atoms with Crippen molar-refractivity contribution in [2.75, 3.05) is 0 Å². The van der Waals surface area contributed by atoms with Gasteiger partial charge < -0.3 is 9.30 Å². The van der Waals surface area contributed by atoms with Gasteiger partial charge in [0.05, 0.1) is 16.6 Å². The number of aromatic nitrogens is 1. The SMILES string of the molecule is CCC(=O)Oc1c(-c2ccc(F)cc2)n(C)c2c(F)ccc(F)c12. The summed E-state index contributed by atoms with van der Waals surface area (Å²) in [5.41, 5.74) is 0.761. The van der Waals surface area contributed by atoms with Gasteiger partial charge in [-0.1, -0.05) is 6.92 Å². The third kappa shape index (κ3) is 2.54. The normalized spacial score (nSPS) is 11.0. The molecule has 0 fully saturated rings. The van der Waals surface area contributed by atoms with Crippen LogP contribution < -0.4 is 4.74 Å². The summed E-state index contributed by atoms with van der Waals surface area (Å²) >= 11 is 0. The zero-order valence-corrected chi connectivity index (χ0v) is 13.1. The van der Waals surface area contributed by atoms with E-state index in [0.717, 1.165) is 12.1 Å². The summed E-state index contributed by atoms with van der Waals surface area (Å²) in [4.78, 5) is 11.8. The topological polar surface area (TPSA) is 31.2 Å². The minimum absolute atomic E-state index is 0.0202. The number of halogens is 3. The fourth-order valence-corrected chi connectivity index (χ4v) is 2.69. The molecule has 124 valence electrons. The number of carbonyl (C=O) groups excluding carboxylic acids is 1. The molecule has 3 rings (SSSR count). The average Bonchev–Trinajstić information content (AvgIpc) is 2.85. The molecule has 0 atom stereocenters. The van der Waals surface area contributed by atoms with Crippen molar-refractivity contribution in [3.63, 3.8) is 0 Å². The molecule has 0 saturated heterocycles. The van der Waals surface area contributed by atoms with Gasteiger partial charge >= 0.3 is 5.97 Å². The molecular weight excluding hydrogens is 319 g/mol. The molecule has 6 heteroatoms. The van der Waals surface area contributed by atoms with Crippen LogP contribution in [0.25, 0.3) is 22.2 Å². The van der Waals surface area contributed by atoms with E-state index in [1.165, 1.54) is 35.9 Å². The van der Waals surface area contributed by atoms with E-state index in [9.17, 15) is 18.0 Å². The van der Waals surface area contributed by atoms with E-state index in [-0.39, 0.29) is 23.1 Å². The van der Waals surface area contributed by atoms with Crippen molar-refractivity contribution in [2.24, 2.45) is 7.05 Å². The van der Waals surface area contributed by atoms with Crippen molar-refractivity contribution in [2.45, 2.75) is 13.3 Å². The van der Waals surface area contributed by atoms with Crippen molar-refractivity contribution in [3.05, 3.63) is 53.8 Å². The Morgan fingerprint density at radius 3 is 2.29 bits per heavy atom. The number of aryl methyl sites for hydroxylation is 1. The number of ether oxygens (including phenoxy) is 1. The summed E-state index contributed by atoms with van der Waals surface area (Å²) in [5, 5.41) is -0.112. The highest BCUT2D eigenvalue weighted by Gasteiger charge is 2.25. The number of hydrogen-bond donors (Lipinski definition) is 0. The van der Waals surface area contributed by atoms with Gasteiger partial charge in [0.2, 0.25) is 0 Å². The third-order valence-corrected chi connectivity index (χ3v) is 3.81. The quantitative estimate of drug-likeness (QED) is 0.657. The summed E-state index contributed by atoms with van der Waals surface area (Å²) in [6, 6.07) is 7.37. The Morgan fingerprint density at radius 2 is 1.67 bits per heavy atom. The number of carbonyl (C=O) groups is 1. The molecule has 1 aromatic heterocycles. The maximum absolute atomic E-state index is 14.3. The Balaban J connectivity index is 2.38. The Labute approximate surface area is 136 Å². The van der Waals surface area contributed by atoms with Gasteiger partial charge in [-0.15, -0.1) is 0 Å². The molecule has 1 heterocycles. The molecule has 2 aromatic carbocycles. The van der Waals surface area contributed by atoms with Gasteiger partial charge in [-0.3, -0.25) is 4.79 Å². The smallest absolute Gasteiger partial charge is 0.310 e. The summed E-state index contributed by atoms with van der Waals surface area (Å²) in [7, 11) is 1.53. The Morgan fingerprint density at radius 1 is 1.04 bits per heavy atom. The molecule has 0 amide bonds. The third-order valence-electron chi connectivity index (χ3n) is 3.81. The molecule has 0 N–H and O–H groups in total. The van der Waals surface area contributed by atoms with Crippen LogP contribution in [0.2, 0.25) is 0 Å². The van der Waals surface area contributed by atoms with Crippen molar-refractivity contribution < 1.29 is 22.7 Å². The lowest BCUT2D eigenvalue weighted by molar-refractivity contribution is -0.133. The van der Waals surface area contributed by atoms with Gasteiger partial charge in [0.1, 0.15) is 17.5 Å². The Kier molecular flexibility index (Phi) is 4.05. The minimum Gasteiger partial charge on any atom is -0.423 e. The van der Waals surface area contributed by atoms with E-state index >= 15 is 0 Å². The Bertz CT molecular complexity index is 930. The predicted octanol–water partition coefficient (Wildman–Crippen LogP) is 4.58. The molecular formula is C18H14F3NO2. The molecule has 0 unspecified atom stereocenters. The minimum atomic E-state index is -0.700. The summed E-state index contributed by atoms with van der Waals surface area (Å²) in [6.45, 7) is 1.60. The molecule has 0 aliphatic rings. The van der Waals surface area contributed by atoms with Crippen LogP contribution in [-0.4, -0.2) is 10.5 Å². The maximum Gasteiger partial charge on any atom is 0.310 e. The van der Waals surface area contributed by atoms with E-state index in [1.807, 2.05) is 0 Å². The lowest BCUT2D eigenvalue weighted by Crippen LogP contribution is -2.06. The van der Waals surface area contributed by atoms with Crippen LogP contribution in [0, 0.1) is 17.5 Å². The predicted molar refractivity (Wildman–Crippen MR) is 84.2 cm³/mol. The van der Waals surface area contributed by atoms with Crippen LogP contribution in [-0.2, 0) is 11.8 Å². The van der Waals surface area contributed by atoms with E-state index in [4.69, 9.17) is 4.74 Å². The van der Waals surface area contributed by atoms with Gasteiger partial charge in [-0.2, -0.15) is 0 Å². The summed E-state index contributed by atoms with van der Waals surface area (Å²) < 4.78 is 48.4. The number of esters is 1. The zero-order chi connectivity index (χ0) is 17.4. The first kappa shape index (κ1) is 16.1. The van der Waals surface area contributed by atoms with Crippen molar-refractivity contribution in [1.82, 2.24) is 4.57 Å².